The molecule has 1 aliphatic heterocycles. The smallest absolute Gasteiger partial charge is 0.255 e. The number of methoxy groups -OCH3 is 2. The summed E-state index contributed by atoms with van der Waals surface area (Å²) in [5, 5.41) is 3.77. The van der Waals surface area contributed by atoms with Gasteiger partial charge in [0, 0.05) is 15.7 Å². The molecule has 1 atom stereocenters. The van der Waals surface area contributed by atoms with Crippen LogP contribution in [0.15, 0.2) is 41.3 Å². The maximum atomic E-state index is 12.8. The fourth-order valence-electron chi connectivity index (χ4n) is 2.74. The van der Waals surface area contributed by atoms with Crippen molar-refractivity contribution in [2.75, 3.05) is 20.0 Å². The number of carbonyl (C=O) groups excluding carboxylic acids is 1. The van der Waals surface area contributed by atoms with E-state index in [1.54, 1.807) is 44.2 Å². The van der Waals surface area contributed by atoms with Gasteiger partial charge in [-0.2, -0.15) is 0 Å². The van der Waals surface area contributed by atoms with Crippen molar-refractivity contribution in [2.45, 2.75) is 17.4 Å². The van der Waals surface area contributed by atoms with Crippen LogP contribution in [0.4, 0.5) is 0 Å². The molecule has 0 radical (unpaired) electrons. The highest BCUT2D eigenvalue weighted by atomic mass is 35.5. The molecule has 1 amide bonds. The first-order chi connectivity index (χ1) is 11.6. The molecule has 1 heterocycles. The van der Waals surface area contributed by atoms with Gasteiger partial charge in [0.1, 0.15) is 11.5 Å². The summed E-state index contributed by atoms with van der Waals surface area (Å²) in [6.07, 6.45) is 0.857. The van der Waals surface area contributed by atoms with Gasteiger partial charge >= 0.3 is 0 Å². The fourth-order valence-corrected chi connectivity index (χ4v) is 4.03. The number of fused-ring (bicyclic) bond motifs is 1. The van der Waals surface area contributed by atoms with Gasteiger partial charge in [-0.3, -0.25) is 4.79 Å². The molecule has 0 aromatic heterocycles. The molecule has 4 nitrogen and oxygen atoms in total. The van der Waals surface area contributed by atoms with Gasteiger partial charge in [0.25, 0.3) is 5.91 Å². The highest BCUT2D eigenvalue weighted by Gasteiger charge is 2.24. The summed E-state index contributed by atoms with van der Waals surface area (Å²) in [4.78, 5) is 13.9. The van der Waals surface area contributed by atoms with Crippen LogP contribution in [0.2, 0.25) is 5.02 Å². The van der Waals surface area contributed by atoms with E-state index in [2.05, 4.69) is 5.32 Å². The first-order valence-electron chi connectivity index (χ1n) is 7.57. The Balaban J connectivity index is 1.88. The topological polar surface area (TPSA) is 47.6 Å². The van der Waals surface area contributed by atoms with Gasteiger partial charge in [0.15, 0.2) is 0 Å². The lowest BCUT2D eigenvalue weighted by molar-refractivity contribution is 0.0931. The third-order valence-electron chi connectivity index (χ3n) is 3.97. The summed E-state index contributed by atoms with van der Waals surface area (Å²) in [5.74, 6) is 1.90. The maximum Gasteiger partial charge on any atom is 0.255 e. The standard InChI is InChI=1S/C18H18ClNO3S/c1-22-12-4-5-16(23-2)14(10-12)18(21)20-15-7-8-24-17-6-3-11(19)9-13(15)17/h3-6,9-10,15H,7-8H2,1-2H3,(H,20,21). The second kappa shape index (κ2) is 7.36. The molecule has 0 fully saturated rings. The van der Waals surface area contributed by atoms with Crippen molar-refractivity contribution in [1.29, 1.82) is 0 Å². The Bertz CT molecular complexity index is 766. The lowest BCUT2D eigenvalue weighted by Crippen LogP contribution is -2.31. The Hall–Kier alpha value is -1.85. The van der Waals surface area contributed by atoms with Crippen LogP contribution in [-0.2, 0) is 0 Å². The molecule has 2 aromatic carbocycles. The van der Waals surface area contributed by atoms with Crippen LogP contribution in [-0.4, -0.2) is 25.9 Å². The number of benzene rings is 2. The van der Waals surface area contributed by atoms with Gasteiger partial charge in [-0.05, 0) is 48.4 Å². The second-order valence-corrected chi connectivity index (χ2v) is 6.98. The minimum Gasteiger partial charge on any atom is -0.497 e. The zero-order chi connectivity index (χ0) is 17.1. The Kier molecular flexibility index (Phi) is 5.21. The molecule has 1 N–H and O–H groups in total. The van der Waals surface area contributed by atoms with Crippen LogP contribution in [0.3, 0.4) is 0 Å². The average Bonchev–Trinajstić information content (AvgIpc) is 2.61. The van der Waals surface area contributed by atoms with Crippen molar-refractivity contribution in [1.82, 2.24) is 5.32 Å². The highest BCUT2D eigenvalue weighted by molar-refractivity contribution is 7.99. The number of amides is 1. The third kappa shape index (κ3) is 3.47. The van der Waals surface area contributed by atoms with Gasteiger partial charge in [0.2, 0.25) is 0 Å². The van der Waals surface area contributed by atoms with Gasteiger partial charge in [-0.15, -0.1) is 11.8 Å². The Morgan fingerprint density at radius 3 is 2.79 bits per heavy atom. The van der Waals surface area contributed by atoms with E-state index in [0.717, 1.165) is 22.6 Å². The molecule has 6 heteroatoms. The molecule has 0 bridgehead atoms. The number of rotatable bonds is 4. The number of halogens is 1. The Morgan fingerprint density at radius 2 is 2.04 bits per heavy atom. The molecule has 3 rings (SSSR count). The summed E-state index contributed by atoms with van der Waals surface area (Å²) >= 11 is 7.91. The fraction of sp³-hybridized carbons (Fsp3) is 0.278. The van der Waals surface area contributed by atoms with Crippen molar-refractivity contribution in [3.63, 3.8) is 0 Å². The molecular formula is C18H18ClNO3S. The second-order valence-electron chi connectivity index (χ2n) is 5.41. The number of carbonyl (C=O) groups is 1. The molecule has 0 saturated heterocycles. The minimum absolute atomic E-state index is 0.0663. The van der Waals surface area contributed by atoms with Crippen LogP contribution < -0.4 is 14.8 Å². The third-order valence-corrected chi connectivity index (χ3v) is 5.33. The van der Waals surface area contributed by atoms with Crippen molar-refractivity contribution in [2.24, 2.45) is 0 Å². The van der Waals surface area contributed by atoms with E-state index in [4.69, 9.17) is 21.1 Å². The first kappa shape index (κ1) is 17.0. The monoisotopic (exact) mass is 363 g/mol. The molecule has 1 aliphatic rings. The number of thioether (sulfide) groups is 1. The van der Waals surface area contributed by atoms with E-state index < -0.39 is 0 Å². The molecule has 126 valence electrons. The molecular weight excluding hydrogens is 346 g/mol. The zero-order valence-corrected chi connectivity index (χ0v) is 15.0. The number of hydrogen-bond acceptors (Lipinski definition) is 4. The van der Waals surface area contributed by atoms with Crippen molar-refractivity contribution >= 4 is 29.3 Å². The first-order valence-corrected chi connectivity index (χ1v) is 8.94. The summed E-state index contributed by atoms with van der Waals surface area (Å²) < 4.78 is 10.5. The van der Waals surface area contributed by atoms with E-state index in [0.29, 0.717) is 22.1 Å². The predicted octanol–water partition coefficient (Wildman–Crippen LogP) is 4.32. The quantitative estimate of drug-likeness (QED) is 0.878. The maximum absolute atomic E-state index is 12.8. The van der Waals surface area contributed by atoms with Gasteiger partial charge < -0.3 is 14.8 Å². The van der Waals surface area contributed by atoms with Crippen LogP contribution >= 0.6 is 23.4 Å². The van der Waals surface area contributed by atoms with Crippen LogP contribution in [0.5, 0.6) is 11.5 Å². The largest absolute Gasteiger partial charge is 0.497 e. The zero-order valence-electron chi connectivity index (χ0n) is 13.5. The predicted molar refractivity (Wildman–Crippen MR) is 96.5 cm³/mol. The summed E-state index contributed by atoms with van der Waals surface area (Å²) in [6, 6.07) is 10.9. The molecule has 0 aliphatic carbocycles. The lowest BCUT2D eigenvalue weighted by Gasteiger charge is -2.26. The average molecular weight is 364 g/mol. The van der Waals surface area contributed by atoms with Gasteiger partial charge in [0.05, 0.1) is 25.8 Å². The molecule has 24 heavy (non-hydrogen) atoms. The van der Waals surface area contributed by atoms with Crippen molar-refractivity contribution in [3.8, 4) is 11.5 Å². The molecule has 1 unspecified atom stereocenters. The summed E-state index contributed by atoms with van der Waals surface area (Å²) in [6.45, 7) is 0. The SMILES string of the molecule is COc1ccc(OC)c(C(=O)NC2CCSc3ccc(Cl)cc32)c1. The van der Waals surface area contributed by atoms with Crippen molar-refractivity contribution < 1.29 is 14.3 Å². The number of nitrogens with one attached hydrogen (secondary N) is 1. The lowest BCUT2D eigenvalue weighted by atomic mass is 10.0. The van der Waals surface area contributed by atoms with Crippen LogP contribution in [0.25, 0.3) is 0 Å². The highest BCUT2D eigenvalue weighted by Crippen LogP contribution is 2.38. The normalized spacial score (nSPS) is 16.2. The van der Waals surface area contributed by atoms with Gasteiger partial charge in [-0.25, -0.2) is 0 Å². The summed E-state index contributed by atoms with van der Waals surface area (Å²) in [5.41, 5.74) is 1.52. The number of hydrogen-bond donors (Lipinski definition) is 1. The van der Waals surface area contributed by atoms with Gasteiger partial charge in [-0.1, -0.05) is 11.6 Å². The minimum atomic E-state index is -0.187. The van der Waals surface area contributed by atoms with E-state index in [1.807, 2.05) is 18.2 Å². The van der Waals surface area contributed by atoms with E-state index in [1.165, 1.54) is 0 Å². The summed E-state index contributed by atoms with van der Waals surface area (Å²) in [7, 11) is 3.12. The van der Waals surface area contributed by atoms with Crippen LogP contribution in [0.1, 0.15) is 28.4 Å². The van der Waals surface area contributed by atoms with E-state index in [9.17, 15) is 4.79 Å². The van der Waals surface area contributed by atoms with E-state index >= 15 is 0 Å². The molecule has 2 aromatic rings. The van der Waals surface area contributed by atoms with E-state index in [-0.39, 0.29) is 11.9 Å². The molecule has 0 spiro atoms. The molecule has 0 saturated carbocycles. The Morgan fingerprint density at radius 1 is 1.21 bits per heavy atom. The number of ether oxygens (including phenoxy) is 2. The van der Waals surface area contributed by atoms with Crippen LogP contribution in [0, 0.1) is 0 Å². The Labute approximate surface area is 150 Å². The van der Waals surface area contributed by atoms with Crippen molar-refractivity contribution in [3.05, 3.63) is 52.5 Å².